The van der Waals surface area contributed by atoms with E-state index in [-0.39, 0.29) is 5.91 Å². The van der Waals surface area contributed by atoms with Crippen LogP contribution >= 0.6 is 0 Å². The van der Waals surface area contributed by atoms with Crippen LogP contribution in [0.4, 0.5) is 5.88 Å². The third-order valence-corrected chi connectivity index (χ3v) is 3.61. The van der Waals surface area contributed by atoms with E-state index in [1.807, 2.05) is 20.2 Å². The Bertz CT molecular complexity index is 868. The molecule has 8 nitrogen and oxygen atoms in total. The average Bonchev–Trinajstić information content (AvgIpc) is 3.17. The van der Waals surface area contributed by atoms with E-state index in [9.17, 15) is 4.79 Å². The van der Waals surface area contributed by atoms with Crippen LogP contribution in [0.2, 0.25) is 0 Å². The van der Waals surface area contributed by atoms with Gasteiger partial charge in [0, 0.05) is 24.9 Å². The number of rotatable bonds is 7. The summed E-state index contributed by atoms with van der Waals surface area (Å²) in [6, 6.07) is 5.29. The molecule has 0 saturated carbocycles. The molecule has 0 aliphatic carbocycles. The lowest BCUT2D eigenvalue weighted by atomic mass is 10.2. The van der Waals surface area contributed by atoms with E-state index >= 15 is 0 Å². The van der Waals surface area contributed by atoms with E-state index in [0.29, 0.717) is 35.1 Å². The Labute approximate surface area is 145 Å². The number of nitrogens with zero attached hydrogens (tertiary/aromatic N) is 3. The number of ether oxygens (including phenoxy) is 1. The summed E-state index contributed by atoms with van der Waals surface area (Å²) in [6.45, 7) is 3.29. The quantitative estimate of drug-likeness (QED) is 0.640. The van der Waals surface area contributed by atoms with E-state index in [1.54, 1.807) is 25.3 Å². The van der Waals surface area contributed by atoms with Gasteiger partial charge in [0.25, 0.3) is 5.91 Å². The molecule has 0 radical (unpaired) electrons. The Kier molecular flexibility index (Phi) is 4.99. The number of hydrogen-bond donors (Lipinski definition) is 2. The van der Waals surface area contributed by atoms with Crippen molar-refractivity contribution >= 4 is 22.8 Å². The average molecular weight is 343 g/mol. The molecule has 0 atom stereocenters. The molecule has 0 saturated heterocycles. The number of amides is 1. The standard InChI is InChI=1S/C17H21N5O3/c1-11-9-15(25-21-11)20-17(23)12-10-18-13-5-6-14(19-16(12)13)24-8-4-7-22(2)3/h5-6,9-10,18H,4,7-8H2,1-3H3,(H,20,23). The molecule has 3 heterocycles. The SMILES string of the molecule is Cc1cc(NC(=O)c2c[nH]c3ccc(OCCCN(C)C)nc23)on1. The Morgan fingerprint density at radius 3 is 2.96 bits per heavy atom. The van der Waals surface area contributed by atoms with Crippen LogP contribution in [0.3, 0.4) is 0 Å². The number of fused-ring (bicyclic) bond motifs is 1. The molecule has 0 aromatic carbocycles. The molecule has 1 amide bonds. The van der Waals surface area contributed by atoms with Gasteiger partial charge >= 0.3 is 0 Å². The number of pyridine rings is 1. The maximum atomic E-state index is 12.4. The van der Waals surface area contributed by atoms with E-state index < -0.39 is 0 Å². The van der Waals surface area contributed by atoms with Crippen LogP contribution in [0.25, 0.3) is 11.0 Å². The molecular weight excluding hydrogens is 322 g/mol. The van der Waals surface area contributed by atoms with Gasteiger partial charge in [-0.2, -0.15) is 0 Å². The van der Waals surface area contributed by atoms with Gasteiger partial charge in [0.15, 0.2) is 0 Å². The Hall–Kier alpha value is -2.87. The highest BCUT2D eigenvalue weighted by Crippen LogP contribution is 2.21. The maximum Gasteiger partial charge on any atom is 0.261 e. The second-order valence-corrected chi connectivity index (χ2v) is 6.04. The largest absolute Gasteiger partial charge is 0.478 e. The molecular formula is C17H21N5O3. The van der Waals surface area contributed by atoms with Gasteiger partial charge < -0.3 is 19.1 Å². The molecule has 25 heavy (non-hydrogen) atoms. The minimum atomic E-state index is -0.320. The van der Waals surface area contributed by atoms with Crippen LogP contribution in [0, 0.1) is 6.92 Å². The van der Waals surface area contributed by atoms with Crippen LogP contribution in [0.15, 0.2) is 28.9 Å². The zero-order valence-corrected chi connectivity index (χ0v) is 14.5. The van der Waals surface area contributed by atoms with Crippen molar-refractivity contribution in [1.82, 2.24) is 20.0 Å². The number of carbonyl (C=O) groups is 1. The van der Waals surface area contributed by atoms with Gasteiger partial charge in [0.2, 0.25) is 11.8 Å². The topological polar surface area (TPSA) is 96.3 Å². The second-order valence-electron chi connectivity index (χ2n) is 6.04. The first-order valence-corrected chi connectivity index (χ1v) is 8.03. The molecule has 3 rings (SSSR count). The normalized spacial score (nSPS) is 11.2. The minimum absolute atomic E-state index is 0.299. The van der Waals surface area contributed by atoms with E-state index in [2.05, 4.69) is 25.3 Å². The zero-order chi connectivity index (χ0) is 17.8. The van der Waals surface area contributed by atoms with E-state index in [1.165, 1.54) is 0 Å². The van der Waals surface area contributed by atoms with Crippen LogP contribution in [-0.4, -0.2) is 53.2 Å². The minimum Gasteiger partial charge on any atom is -0.478 e. The molecule has 3 aromatic rings. The van der Waals surface area contributed by atoms with Crippen molar-refractivity contribution in [2.24, 2.45) is 0 Å². The van der Waals surface area contributed by atoms with Gasteiger partial charge in [-0.1, -0.05) is 5.16 Å². The lowest BCUT2D eigenvalue weighted by Crippen LogP contribution is -2.15. The smallest absolute Gasteiger partial charge is 0.261 e. The van der Waals surface area contributed by atoms with Crippen molar-refractivity contribution in [1.29, 1.82) is 0 Å². The predicted molar refractivity (Wildman–Crippen MR) is 94.0 cm³/mol. The van der Waals surface area contributed by atoms with Crippen molar-refractivity contribution in [2.45, 2.75) is 13.3 Å². The van der Waals surface area contributed by atoms with Crippen LogP contribution in [0.5, 0.6) is 5.88 Å². The summed E-state index contributed by atoms with van der Waals surface area (Å²) in [4.78, 5) is 22.0. The van der Waals surface area contributed by atoms with Crippen molar-refractivity contribution in [3.05, 3.63) is 35.7 Å². The predicted octanol–water partition coefficient (Wildman–Crippen LogP) is 2.44. The molecule has 0 spiro atoms. The molecule has 0 fully saturated rings. The fraction of sp³-hybridized carbons (Fsp3) is 0.353. The van der Waals surface area contributed by atoms with Gasteiger partial charge in [0.1, 0.15) is 5.52 Å². The molecule has 8 heteroatoms. The maximum absolute atomic E-state index is 12.4. The fourth-order valence-electron chi connectivity index (χ4n) is 2.39. The Balaban J connectivity index is 1.72. The summed E-state index contributed by atoms with van der Waals surface area (Å²) < 4.78 is 10.7. The number of aromatic amines is 1. The molecule has 0 aliphatic rings. The molecule has 0 unspecified atom stereocenters. The van der Waals surface area contributed by atoms with Crippen LogP contribution in [-0.2, 0) is 0 Å². The fourth-order valence-corrected chi connectivity index (χ4v) is 2.39. The summed E-state index contributed by atoms with van der Waals surface area (Å²) in [6.07, 6.45) is 2.52. The van der Waals surface area contributed by atoms with Crippen molar-refractivity contribution < 1.29 is 14.1 Å². The van der Waals surface area contributed by atoms with Crippen molar-refractivity contribution in [2.75, 3.05) is 32.6 Å². The summed E-state index contributed by atoms with van der Waals surface area (Å²) in [5, 5.41) is 6.41. The van der Waals surface area contributed by atoms with Gasteiger partial charge in [-0.3, -0.25) is 10.1 Å². The number of carbonyl (C=O) groups excluding carboxylic acids is 1. The highest BCUT2D eigenvalue weighted by molar-refractivity contribution is 6.11. The van der Waals surface area contributed by atoms with Gasteiger partial charge in [-0.05, 0) is 33.5 Å². The van der Waals surface area contributed by atoms with Gasteiger partial charge in [-0.25, -0.2) is 4.98 Å². The molecule has 3 aromatic heterocycles. The highest BCUT2D eigenvalue weighted by atomic mass is 16.5. The first-order chi connectivity index (χ1) is 12.0. The van der Waals surface area contributed by atoms with Crippen LogP contribution in [0.1, 0.15) is 22.5 Å². The number of H-pyrrole nitrogens is 1. The monoisotopic (exact) mass is 343 g/mol. The molecule has 2 N–H and O–H groups in total. The summed E-state index contributed by atoms with van der Waals surface area (Å²) in [5.74, 6) is 0.475. The Morgan fingerprint density at radius 1 is 1.40 bits per heavy atom. The molecule has 0 bridgehead atoms. The van der Waals surface area contributed by atoms with Gasteiger partial charge in [-0.15, -0.1) is 0 Å². The number of aryl methyl sites for hydroxylation is 1. The van der Waals surface area contributed by atoms with Gasteiger partial charge in [0.05, 0.1) is 23.4 Å². The first kappa shape index (κ1) is 17.0. The number of anilines is 1. The third kappa shape index (κ3) is 4.16. The second kappa shape index (κ2) is 7.35. The lowest BCUT2D eigenvalue weighted by Gasteiger charge is -2.10. The number of aromatic nitrogens is 3. The highest BCUT2D eigenvalue weighted by Gasteiger charge is 2.16. The zero-order valence-electron chi connectivity index (χ0n) is 14.5. The Morgan fingerprint density at radius 2 is 2.24 bits per heavy atom. The molecule has 132 valence electrons. The molecule has 0 aliphatic heterocycles. The summed E-state index contributed by atoms with van der Waals surface area (Å²) in [7, 11) is 4.04. The van der Waals surface area contributed by atoms with Crippen molar-refractivity contribution in [3.8, 4) is 5.88 Å². The van der Waals surface area contributed by atoms with E-state index in [0.717, 1.165) is 18.5 Å². The first-order valence-electron chi connectivity index (χ1n) is 8.03. The summed E-state index contributed by atoms with van der Waals surface area (Å²) in [5.41, 5.74) is 2.43. The van der Waals surface area contributed by atoms with Crippen LogP contribution < -0.4 is 10.1 Å². The number of nitrogens with one attached hydrogen (secondary N) is 2. The van der Waals surface area contributed by atoms with E-state index in [4.69, 9.17) is 9.26 Å². The lowest BCUT2D eigenvalue weighted by molar-refractivity contribution is 0.102. The summed E-state index contributed by atoms with van der Waals surface area (Å²) >= 11 is 0. The number of hydrogen-bond acceptors (Lipinski definition) is 6. The third-order valence-electron chi connectivity index (χ3n) is 3.61. The van der Waals surface area contributed by atoms with Crippen molar-refractivity contribution in [3.63, 3.8) is 0 Å².